The van der Waals surface area contributed by atoms with Crippen LogP contribution in [-0.2, 0) is 6.42 Å². The van der Waals surface area contributed by atoms with Crippen molar-refractivity contribution in [3.63, 3.8) is 0 Å². The molecule has 0 bridgehead atoms. The van der Waals surface area contributed by atoms with Crippen LogP contribution in [0.5, 0.6) is 5.75 Å². The maximum atomic E-state index is 13.2. The minimum atomic E-state index is -0.169. The predicted molar refractivity (Wildman–Crippen MR) is 78.5 cm³/mol. The van der Waals surface area contributed by atoms with Crippen molar-refractivity contribution in [1.29, 1.82) is 0 Å². The summed E-state index contributed by atoms with van der Waals surface area (Å²) in [6.45, 7) is 4.32. The van der Waals surface area contributed by atoms with Crippen molar-refractivity contribution < 1.29 is 9.13 Å². The molecular formula is C17H24FNO. The van der Waals surface area contributed by atoms with Gasteiger partial charge in [-0.25, -0.2) is 4.39 Å². The van der Waals surface area contributed by atoms with Gasteiger partial charge in [0.25, 0.3) is 0 Å². The van der Waals surface area contributed by atoms with Crippen molar-refractivity contribution in [2.24, 2.45) is 11.8 Å². The molecule has 1 heterocycles. The number of halogens is 1. The van der Waals surface area contributed by atoms with Crippen molar-refractivity contribution in [1.82, 2.24) is 5.32 Å². The lowest BCUT2D eigenvalue weighted by Crippen LogP contribution is -2.35. The van der Waals surface area contributed by atoms with Gasteiger partial charge >= 0.3 is 0 Å². The molecule has 1 aliphatic heterocycles. The number of benzene rings is 1. The van der Waals surface area contributed by atoms with Gasteiger partial charge in [-0.1, -0.05) is 26.2 Å². The summed E-state index contributed by atoms with van der Waals surface area (Å²) in [6.07, 6.45) is 6.47. The Labute approximate surface area is 120 Å². The average Bonchev–Trinajstić information content (AvgIpc) is 2.83. The Morgan fingerprint density at radius 1 is 1.25 bits per heavy atom. The van der Waals surface area contributed by atoms with E-state index in [9.17, 15) is 4.39 Å². The normalized spacial score (nSPS) is 29.0. The monoisotopic (exact) mass is 277 g/mol. The molecule has 0 radical (unpaired) electrons. The minimum absolute atomic E-state index is 0.158. The summed E-state index contributed by atoms with van der Waals surface area (Å²) >= 11 is 0. The van der Waals surface area contributed by atoms with E-state index in [0.717, 1.165) is 42.7 Å². The average molecular weight is 277 g/mol. The van der Waals surface area contributed by atoms with E-state index in [1.807, 2.05) is 0 Å². The number of hydrogen-bond acceptors (Lipinski definition) is 2. The van der Waals surface area contributed by atoms with Gasteiger partial charge in [0.1, 0.15) is 17.7 Å². The summed E-state index contributed by atoms with van der Waals surface area (Å²) in [5, 5.41) is 3.56. The maximum absolute atomic E-state index is 13.2. The third kappa shape index (κ3) is 3.14. The van der Waals surface area contributed by atoms with Gasteiger partial charge in [0, 0.05) is 18.5 Å². The van der Waals surface area contributed by atoms with Crippen LogP contribution < -0.4 is 10.1 Å². The zero-order chi connectivity index (χ0) is 13.9. The molecule has 0 aromatic heterocycles. The summed E-state index contributed by atoms with van der Waals surface area (Å²) in [4.78, 5) is 0. The Morgan fingerprint density at radius 3 is 2.95 bits per heavy atom. The molecule has 3 unspecified atom stereocenters. The minimum Gasteiger partial charge on any atom is -0.488 e. The first-order valence-electron chi connectivity index (χ1n) is 7.88. The van der Waals surface area contributed by atoms with E-state index < -0.39 is 0 Å². The van der Waals surface area contributed by atoms with Crippen LogP contribution >= 0.6 is 0 Å². The van der Waals surface area contributed by atoms with Crippen LogP contribution in [-0.4, -0.2) is 19.2 Å². The number of ether oxygens (including phenoxy) is 1. The highest BCUT2D eigenvalue weighted by Crippen LogP contribution is 2.30. The van der Waals surface area contributed by atoms with Crippen molar-refractivity contribution in [2.75, 3.05) is 13.1 Å². The van der Waals surface area contributed by atoms with Gasteiger partial charge in [0.2, 0.25) is 0 Å². The zero-order valence-corrected chi connectivity index (χ0v) is 12.2. The first kappa shape index (κ1) is 13.9. The van der Waals surface area contributed by atoms with Gasteiger partial charge in [0.15, 0.2) is 0 Å². The van der Waals surface area contributed by atoms with E-state index in [1.165, 1.54) is 31.7 Å². The number of fused-ring (bicyclic) bond motifs is 1. The van der Waals surface area contributed by atoms with Gasteiger partial charge in [-0.15, -0.1) is 0 Å². The van der Waals surface area contributed by atoms with Crippen LogP contribution in [0.4, 0.5) is 4.39 Å². The number of rotatable bonds is 4. The zero-order valence-electron chi connectivity index (χ0n) is 12.2. The Balaban J connectivity index is 1.44. The molecule has 1 aliphatic carbocycles. The fourth-order valence-electron chi connectivity index (χ4n) is 3.53. The van der Waals surface area contributed by atoms with Crippen molar-refractivity contribution in [2.45, 2.75) is 45.1 Å². The first-order valence-corrected chi connectivity index (χ1v) is 7.88. The van der Waals surface area contributed by atoms with Crippen molar-refractivity contribution in [3.05, 3.63) is 29.6 Å². The molecule has 3 atom stereocenters. The largest absolute Gasteiger partial charge is 0.488 e. The molecule has 1 aromatic rings. The molecule has 3 heteroatoms. The fourth-order valence-corrected chi connectivity index (χ4v) is 3.53. The van der Waals surface area contributed by atoms with Crippen LogP contribution in [0.2, 0.25) is 0 Å². The second-order valence-corrected chi connectivity index (χ2v) is 6.38. The van der Waals surface area contributed by atoms with Gasteiger partial charge in [-0.2, -0.15) is 0 Å². The highest BCUT2D eigenvalue weighted by molar-refractivity contribution is 5.37. The molecule has 1 aromatic carbocycles. The molecule has 110 valence electrons. The molecule has 1 N–H and O–H groups in total. The van der Waals surface area contributed by atoms with Crippen LogP contribution in [0.15, 0.2) is 18.2 Å². The van der Waals surface area contributed by atoms with E-state index in [4.69, 9.17) is 4.74 Å². The standard InChI is InChI=1S/C17H24FNO/c1-12-4-2-3-5-13(12)10-19-11-16-9-14-8-15(18)6-7-17(14)20-16/h6-8,12-13,16,19H,2-5,9-11H2,1H3. The van der Waals surface area contributed by atoms with Crippen molar-refractivity contribution in [3.8, 4) is 5.75 Å². The van der Waals surface area contributed by atoms with Gasteiger partial charge in [-0.3, -0.25) is 0 Å². The molecule has 2 aliphatic rings. The van der Waals surface area contributed by atoms with Crippen molar-refractivity contribution >= 4 is 0 Å². The van der Waals surface area contributed by atoms with E-state index in [1.54, 1.807) is 12.1 Å². The van der Waals surface area contributed by atoms with Crippen LogP contribution in [0.1, 0.15) is 38.2 Å². The summed E-state index contributed by atoms with van der Waals surface area (Å²) in [6, 6.07) is 4.81. The molecule has 2 nitrogen and oxygen atoms in total. The Morgan fingerprint density at radius 2 is 2.10 bits per heavy atom. The third-order valence-electron chi connectivity index (χ3n) is 4.83. The Kier molecular flexibility index (Phi) is 4.25. The SMILES string of the molecule is CC1CCCCC1CNCC1Cc2cc(F)ccc2O1. The molecule has 0 spiro atoms. The Hall–Kier alpha value is -1.09. The van der Waals surface area contributed by atoms with Gasteiger partial charge < -0.3 is 10.1 Å². The molecular weight excluding hydrogens is 253 g/mol. The molecule has 1 fully saturated rings. The highest BCUT2D eigenvalue weighted by atomic mass is 19.1. The quantitative estimate of drug-likeness (QED) is 0.909. The molecule has 0 amide bonds. The number of nitrogens with one attached hydrogen (secondary N) is 1. The lowest BCUT2D eigenvalue weighted by atomic mass is 9.80. The summed E-state index contributed by atoms with van der Waals surface area (Å²) in [5.74, 6) is 2.33. The third-order valence-corrected chi connectivity index (χ3v) is 4.83. The van der Waals surface area contributed by atoms with Gasteiger partial charge in [-0.05, 0) is 43.0 Å². The second-order valence-electron chi connectivity index (χ2n) is 6.38. The molecule has 3 rings (SSSR count). The lowest BCUT2D eigenvalue weighted by molar-refractivity contribution is 0.207. The van der Waals surface area contributed by atoms with E-state index in [0.29, 0.717) is 0 Å². The highest BCUT2D eigenvalue weighted by Gasteiger charge is 2.24. The van der Waals surface area contributed by atoms with Gasteiger partial charge in [0.05, 0.1) is 0 Å². The van der Waals surface area contributed by atoms with Crippen LogP contribution in [0.3, 0.4) is 0 Å². The predicted octanol–water partition coefficient (Wildman–Crippen LogP) is 3.55. The summed E-state index contributed by atoms with van der Waals surface area (Å²) in [5.41, 5.74) is 1.00. The Bertz CT molecular complexity index is 462. The number of hydrogen-bond donors (Lipinski definition) is 1. The smallest absolute Gasteiger partial charge is 0.123 e. The molecule has 1 saturated carbocycles. The topological polar surface area (TPSA) is 21.3 Å². The second kappa shape index (κ2) is 6.13. The van der Waals surface area contributed by atoms with Crippen LogP contribution in [0.25, 0.3) is 0 Å². The maximum Gasteiger partial charge on any atom is 0.123 e. The lowest BCUT2D eigenvalue weighted by Gasteiger charge is -2.29. The summed E-state index contributed by atoms with van der Waals surface area (Å²) in [7, 11) is 0. The van der Waals surface area contributed by atoms with E-state index >= 15 is 0 Å². The van der Waals surface area contributed by atoms with E-state index in [2.05, 4.69) is 12.2 Å². The first-order chi connectivity index (χ1) is 9.72. The molecule has 0 saturated heterocycles. The summed E-state index contributed by atoms with van der Waals surface area (Å²) < 4.78 is 19.0. The van der Waals surface area contributed by atoms with E-state index in [-0.39, 0.29) is 11.9 Å². The molecule has 20 heavy (non-hydrogen) atoms. The van der Waals surface area contributed by atoms with Crippen LogP contribution in [0, 0.1) is 17.7 Å². The fraction of sp³-hybridized carbons (Fsp3) is 0.647.